The van der Waals surface area contributed by atoms with Crippen molar-refractivity contribution in [3.8, 4) is 0 Å². The summed E-state index contributed by atoms with van der Waals surface area (Å²) in [6, 6.07) is 4.41. The van der Waals surface area contributed by atoms with Crippen molar-refractivity contribution in [2.75, 3.05) is 6.54 Å². The summed E-state index contributed by atoms with van der Waals surface area (Å²) in [6.07, 6.45) is -4.53. The summed E-state index contributed by atoms with van der Waals surface area (Å²) in [6.45, 7) is 6.73. The second kappa shape index (κ2) is 7.02. The molecule has 1 rings (SSSR count). The van der Waals surface area contributed by atoms with Crippen molar-refractivity contribution in [3.63, 3.8) is 0 Å². The molecule has 7 heteroatoms. The van der Waals surface area contributed by atoms with E-state index in [2.05, 4.69) is 10.6 Å². The number of rotatable bonds is 5. The molecule has 4 nitrogen and oxygen atoms in total. The molecule has 0 aromatic heterocycles. The number of amides is 2. The fraction of sp³-hybridized carbons (Fsp3) is 0.500. The molecule has 0 radical (unpaired) electrons. The average molecular weight is 330 g/mol. The molecule has 128 valence electrons. The predicted octanol–water partition coefficient (Wildman–Crippen LogP) is 2.83. The second-order valence-electron chi connectivity index (χ2n) is 5.99. The van der Waals surface area contributed by atoms with Gasteiger partial charge in [-0.3, -0.25) is 9.59 Å². The van der Waals surface area contributed by atoms with Gasteiger partial charge >= 0.3 is 6.18 Å². The number of carbonyl (C=O) groups is 2. The number of hydrogen-bond donors (Lipinski definition) is 2. The summed E-state index contributed by atoms with van der Waals surface area (Å²) in [5.41, 5.74) is -2.38. The smallest absolute Gasteiger partial charge is 0.354 e. The van der Waals surface area contributed by atoms with Gasteiger partial charge in [-0.1, -0.05) is 26.0 Å². The van der Waals surface area contributed by atoms with Crippen LogP contribution in [0.4, 0.5) is 13.2 Å². The lowest BCUT2D eigenvalue weighted by molar-refractivity contribution is -0.138. The van der Waals surface area contributed by atoms with Crippen LogP contribution in [-0.2, 0) is 21.3 Å². The number of hydrogen-bond acceptors (Lipinski definition) is 2. The highest BCUT2D eigenvalue weighted by Crippen LogP contribution is 2.32. The summed E-state index contributed by atoms with van der Waals surface area (Å²) in [5, 5.41) is 5.11. The van der Waals surface area contributed by atoms with Crippen LogP contribution in [0, 0.1) is 5.92 Å². The molecule has 1 unspecified atom stereocenters. The van der Waals surface area contributed by atoms with Crippen LogP contribution in [0.3, 0.4) is 0 Å². The summed E-state index contributed by atoms with van der Waals surface area (Å²) in [5.74, 6) is -0.896. The molecule has 0 aliphatic rings. The zero-order valence-electron chi connectivity index (χ0n) is 13.5. The fourth-order valence-corrected chi connectivity index (χ4v) is 2.09. The Labute approximate surface area is 133 Å². The molecule has 1 aromatic rings. The Kier molecular flexibility index (Phi) is 5.80. The Bertz CT molecular complexity index is 585. The lowest BCUT2D eigenvalue weighted by Gasteiger charge is -2.30. The maximum absolute atomic E-state index is 12.9. The molecule has 23 heavy (non-hydrogen) atoms. The van der Waals surface area contributed by atoms with E-state index in [9.17, 15) is 22.8 Å². The quantitative estimate of drug-likeness (QED) is 0.872. The zero-order chi connectivity index (χ0) is 17.8. The Hall–Kier alpha value is -2.05. The van der Waals surface area contributed by atoms with E-state index < -0.39 is 29.1 Å². The van der Waals surface area contributed by atoms with E-state index >= 15 is 0 Å². The molecule has 2 amide bonds. The van der Waals surface area contributed by atoms with Crippen LogP contribution in [0.5, 0.6) is 0 Å². The van der Waals surface area contributed by atoms with E-state index in [0.717, 1.165) is 12.1 Å². The Balaban J connectivity index is 3.25. The molecule has 1 atom stereocenters. The van der Waals surface area contributed by atoms with Crippen LogP contribution in [0.1, 0.15) is 38.8 Å². The molecule has 0 fully saturated rings. The van der Waals surface area contributed by atoms with E-state index in [-0.39, 0.29) is 11.5 Å². The largest absolute Gasteiger partial charge is 0.416 e. The van der Waals surface area contributed by atoms with Gasteiger partial charge in [0.1, 0.15) is 5.54 Å². The number of nitrogens with one attached hydrogen (secondary N) is 2. The molecule has 2 N–H and O–H groups in total. The van der Waals surface area contributed by atoms with E-state index in [0.29, 0.717) is 6.54 Å². The maximum Gasteiger partial charge on any atom is 0.416 e. The lowest BCUT2D eigenvalue weighted by Crippen LogP contribution is -2.54. The highest BCUT2D eigenvalue weighted by molar-refractivity contribution is 5.91. The molecule has 0 aliphatic heterocycles. The number of alkyl halides is 3. The van der Waals surface area contributed by atoms with Crippen LogP contribution in [-0.4, -0.2) is 18.4 Å². The first-order chi connectivity index (χ1) is 10.5. The van der Waals surface area contributed by atoms with Gasteiger partial charge in [-0.25, -0.2) is 0 Å². The molecular weight excluding hydrogens is 309 g/mol. The molecule has 0 spiro atoms. The minimum absolute atomic E-state index is 0.0729. The first-order valence-corrected chi connectivity index (χ1v) is 7.21. The van der Waals surface area contributed by atoms with Crippen LogP contribution in [0.15, 0.2) is 24.3 Å². The molecule has 0 bridgehead atoms. The first kappa shape index (κ1) is 19.0. The minimum Gasteiger partial charge on any atom is -0.354 e. The van der Waals surface area contributed by atoms with Crippen LogP contribution in [0.2, 0.25) is 0 Å². The minimum atomic E-state index is -4.53. The number of benzene rings is 1. The van der Waals surface area contributed by atoms with Gasteiger partial charge < -0.3 is 10.6 Å². The highest BCUT2D eigenvalue weighted by atomic mass is 19.4. The Morgan fingerprint density at radius 3 is 2.22 bits per heavy atom. The number of carbonyl (C=O) groups excluding carboxylic acids is 2. The van der Waals surface area contributed by atoms with Gasteiger partial charge in [-0.05, 0) is 30.5 Å². The fourth-order valence-electron chi connectivity index (χ4n) is 2.09. The van der Waals surface area contributed by atoms with Gasteiger partial charge in [-0.2, -0.15) is 13.2 Å². The molecule has 0 saturated carbocycles. The third-order valence-corrected chi connectivity index (χ3v) is 3.32. The van der Waals surface area contributed by atoms with Crippen LogP contribution in [0.25, 0.3) is 0 Å². The van der Waals surface area contributed by atoms with Crippen LogP contribution < -0.4 is 10.6 Å². The summed E-state index contributed by atoms with van der Waals surface area (Å²) in [4.78, 5) is 23.9. The summed E-state index contributed by atoms with van der Waals surface area (Å²) in [7, 11) is 0. The topological polar surface area (TPSA) is 58.2 Å². The third kappa shape index (κ3) is 4.97. The van der Waals surface area contributed by atoms with Gasteiger partial charge in [0.25, 0.3) is 0 Å². The van der Waals surface area contributed by atoms with Crippen molar-refractivity contribution in [2.24, 2.45) is 5.92 Å². The van der Waals surface area contributed by atoms with Crippen LogP contribution >= 0.6 is 0 Å². The molecule has 0 saturated heterocycles. The van der Waals surface area contributed by atoms with Crippen molar-refractivity contribution < 1.29 is 22.8 Å². The standard InChI is InChI=1S/C16H21F3N2O2/c1-10(2)9-20-14(23)15(4,21-11(3)22)12-6-5-7-13(8-12)16(17,18)19/h5-8,10H,9H2,1-4H3,(H,20,23)(H,21,22). The van der Waals surface area contributed by atoms with Gasteiger partial charge in [-0.15, -0.1) is 0 Å². The second-order valence-corrected chi connectivity index (χ2v) is 5.99. The molecule has 1 aromatic carbocycles. The zero-order valence-corrected chi connectivity index (χ0v) is 13.5. The Morgan fingerprint density at radius 1 is 1.17 bits per heavy atom. The SMILES string of the molecule is CC(=O)NC(C)(C(=O)NCC(C)C)c1cccc(C(F)(F)F)c1. The maximum atomic E-state index is 12.9. The van der Waals surface area contributed by atoms with Crippen molar-refractivity contribution in [1.29, 1.82) is 0 Å². The van der Waals surface area contributed by atoms with Gasteiger partial charge in [0.15, 0.2) is 0 Å². The summed E-state index contributed by atoms with van der Waals surface area (Å²) >= 11 is 0. The molecule has 0 aliphatic carbocycles. The average Bonchev–Trinajstić information content (AvgIpc) is 2.43. The summed E-state index contributed by atoms with van der Waals surface area (Å²) < 4.78 is 38.7. The van der Waals surface area contributed by atoms with Gasteiger partial charge in [0.05, 0.1) is 5.56 Å². The third-order valence-electron chi connectivity index (χ3n) is 3.32. The van der Waals surface area contributed by atoms with E-state index in [1.807, 2.05) is 13.8 Å². The lowest BCUT2D eigenvalue weighted by atomic mass is 9.89. The molecular formula is C16H21F3N2O2. The first-order valence-electron chi connectivity index (χ1n) is 7.21. The molecule has 0 heterocycles. The van der Waals surface area contributed by atoms with Crippen molar-refractivity contribution in [3.05, 3.63) is 35.4 Å². The monoisotopic (exact) mass is 330 g/mol. The Morgan fingerprint density at radius 2 is 1.74 bits per heavy atom. The van der Waals surface area contributed by atoms with E-state index in [1.54, 1.807) is 0 Å². The van der Waals surface area contributed by atoms with Gasteiger partial charge in [0.2, 0.25) is 11.8 Å². The number of halogens is 3. The highest BCUT2D eigenvalue weighted by Gasteiger charge is 2.38. The normalized spacial score (nSPS) is 14.3. The van der Waals surface area contributed by atoms with E-state index in [4.69, 9.17) is 0 Å². The van der Waals surface area contributed by atoms with Crippen molar-refractivity contribution in [2.45, 2.75) is 39.4 Å². The van der Waals surface area contributed by atoms with Gasteiger partial charge in [0, 0.05) is 13.5 Å². The van der Waals surface area contributed by atoms with Crippen molar-refractivity contribution >= 4 is 11.8 Å². The van der Waals surface area contributed by atoms with Crippen molar-refractivity contribution in [1.82, 2.24) is 10.6 Å². The van der Waals surface area contributed by atoms with E-state index in [1.165, 1.54) is 26.0 Å². The predicted molar refractivity (Wildman–Crippen MR) is 80.5 cm³/mol.